The van der Waals surface area contributed by atoms with Gasteiger partial charge in [0.1, 0.15) is 5.60 Å². The summed E-state index contributed by atoms with van der Waals surface area (Å²) < 4.78 is 16.4. The zero-order valence-electron chi connectivity index (χ0n) is 19.1. The molecule has 1 aromatic rings. The van der Waals surface area contributed by atoms with Crippen LogP contribution < -0.4 is 5.32 Å². The van der Waals surface area contributed by atoms with Crippen LogP contribution in [0.2, 0.25) is 0 Å². The van der Waals surface area contributed by atoms with E-state index in [-0.39, 0.29) is 18.1 Å². The van der Waals surface area contributed by atoms with Gasteiger partial charge in [0.05, 0.1) is 19.8 Å². The molecule has 2 rings (SSSR count). The number of ether oxygens (including phenoxy) is 3. The molecule has 1 N–H and O–H groups in total. The number of likely N-dealkylation sites (tertiary alicyclic amines) is 1. The van der Waals surface area contributed by atoms with E-state index in [9.17, 15) is 9.59 Å². The highest BCUT2D eigenvalue weighted by molar-refractivity contribution is 5.68. The maximum atomic E-state index is 12.6. The molecular formula is C23H36N2O5. The number of amides is 2. The Balaban J connectivity index is 2.14. The van der Waals surface area contributed by atoms with Crippen molar-refractivity contribution in [1.29, 1.82) is 0 Å². The van der Waals surface area contributed by atoms with E-state index < -0.39 is 11.7 Å². The number of benzene rings is 1. The Labute approximate surface area is 180 Å². The van der Waals surface area contributed by atoms with E-state index in [4.69, 9.17) is 9.47 Å². The van der Waals surface area contributed by atoms with Crippen molar-refractivity contribution in [2.75, 3.05) is 33.4 Å². The van der Waals surface area contributed by atoms with E-state index in [1.165, 1.54) is 18.2 Å². The maximum absolute atomic E-state index is 12.6. The van der Waals surface area contributed by atoms with Crippen LogP contribution in [0, 0.1) is 19.8 Å². The lowest BCUT2D eigenvalue weighted by Crippen LogP contribution is -2.44. The van der Waals surface area contributed by atoms with Crippen molar-refractivity contribution in [2.45, 2.75) is 59.2 Å². The van der Waals surface area contributed by atoms with Gasteiger partial charge in [0.2, 0.25) is 0 Å². The molecule has 168 valence electrons. The van der Waals surface area contributed by atoms with E-state index in [0.29, 0.717) is 26.2 Å². The predicted octanol–water partition coefficient (Wildman–Crippen LogP) is 4.36. The van der Waals surface area contributed by atoms with Gasteiger partial charge in [-0.3, -0.25) is 0 Å². The van der Waals surface area contributed by atoms with E-state index >= 15 is 0 Å². The summed E-state index contributed by atoms with van der Waals surface area (Å²) in [5.41, 5.74) is 2.92. The minimum Gasteiger partial charge on any atom is -0.453 e. The molecule has 1 aliphatic heterocycles. The van der Waals surface area contributed by atoms with Gasteiger partial charge in [-0.15, -0.1) is 0 Å². The number of rotatable bonds is 6. The zero-order chi connectivity index (χ0) is 22.3. The third kappa shape index (κ3) is 7.52. The molecule has 1 heterocycles. The van der Waals surface area contributed by atoms with Gasteiger partial charge in [-0.25, -0.2) is 9.59 Å². The average Bonchev–Trinajstić information content (AvgIpc) is 2.65. The second-order valence-electron chi connectivity index (χ2n) is 8.96. The van der Waals surface area contributed by atoms with Crippen molar-refractivity contribution in [1.82, 2.24) is 10.2 Å². The Hall–Kier alpha value is -2.28. The maximum Gasteiger partial charge on any atom is 0.410 e. The number of nitrogens with one attached hydrogen (secondary N) is 1. The molecule has 0 aliphatic carbocycles. The van der Waals surface area contributed by atoms with Crippen LogP contribution in [0.25, 0.3) is 0 Å². The zero-order valence-corrected chi connectivity index (χ0v) is 19.1. The molecule has 0 radical (unpaired) electrons. The lowest BCUT2D eigenvalue weighted by molar-refractivity contribution is -0.0246. The minimum absolute atomic E-state index is 0.144. The summed E-state index contributed by atoms with van der Waals surface area (Å²) in [6, 6.07) is 6.41. The molecule has 2 amide bonds. The fourth-order valence-corrected chi connectivity index (χ4v) is 3.84. The topological polar surface area (TPSA) is 77.1 Å². The van der Waals surface area contributed by atoms with Gasteiger partial charge < -0.3 is 24.4 Å². The monoisotopic (exact) mass is 420 g/mol. The molecule has 0 spiro atoms. The van der Waals surface area contributed by atoms with Crippen molar-refractivity contribution in [2.24, 2.45) is 5.92 Å². The van der Waals surface area contributed by atoms with Crippen LogP contribution in [-0.2, 0) is 14.2 Å². The first-order valence-electron chi connectivity index (χ1n) is 10.6. The molecule has 0 aromatic heterocycles. The molecule has 1 aromatic carbocycles. The molecule has 7 heteroatoms. The summed E-state index contributed by atoms with van der Waals surface area (Å²) in [4.78, 5) is 25.7. The Morgan fingerprint density at radius 3 is 2.47 bits per heavy atom. The standard InChI is InChI=1S/C23H36N2O5/c1-16-12-17(2)14-19(13-16)20(29-11-9-24-21(26)28-6)18-8-7-10-25(15-18)22(27)30-23(3,4)5/h12-14,18,20H,7-11,15H2,1-6H3,(H,24,26). The van der Waals surface area contributed by atoms with Crippen LogP contribution >= 0.6 is 0 Å². The van der Waals surface area contributed by atoms with Gasteiger partial charge >= 0.3 is 12.2 Å². The number of carbonyl (C=O) groups is 2. The molecule has 30 heavy (non-hydrogen) atoms. The van der Waals surface area contributed by atoms with Crippen molar-refractivity contribution in [3.63, 3.8) is 0 Å². The Bertz CT molecular complexity index is 709. The Morgan fingerprint density at radius 1 is 1.20 bits per heavy atom. The number of hydrogen-bond acceptors (Lipinski definition) is 5. The van der Waals surface area contributed by atoms with Gasteiger partial charge in [0.25, 0.3) is 0 Å². The summed E-state index contributed by atoms with van der Waals surface area (Å²) in [5, 5.41) is 2.65. The van der Waals surface area contributed by atoms with E-state index in [2.05, 4.69) is 42.1 Å². The van der Waals surface area contributed by atoms with Crippen LogP contribution in [0.1, 0.15) is 56.4 Å². The Morgan fingerprint density at radius 2 is 1.87 bits per heavy atom. The molecule has 0 bridgehead atoms. The lowest BCUT2D eigenvalue weighted by atomic mass is 9.87. The molecule has 1 fully saturated rings. The van der Waals surface area contributed by atoms with E-state index in [0.717, 1.165) is 18.4 Å². The Kier molecular flexibility index (Phi) is 8.53. The van der Waals surface area contributed by atoms with Crippen LogP contribution in [-0.4, -0.2) is 56.0 Å². The molecule has 2 atom stereocenters. The number of carbonyl (C=O) groups excluding carboxylic acids is 2. The molecule has 1 saturated heterocycles. The summed E-state index contributed by atoms with van der Waals surface area (Å²) >= 11 is 0. The highest BCUT2D eigenvalue weighted by Crippen LogP contribution is 2.34. The third-order valence-corrected chi connectivity index (χ3v) is 4.96. The largest absolute Gasteiger partial charge is 0.453 e. The average molecular weight is 421 g/mol. The summed E-state index contributed by atoms with van der Waals surface area (Å²) in [5.74, 6) is 0.144. The number of nitrogens with zero attached hydrogens (tertiary/aromatic N) is 1. The number of aryl methyl sites for hydroxylation is 2. The minimum atomic E-state index is -0.521. The van der Waals surface area contributed by atoms with Crippen LogP contribution in [0.3, 0.4) is 0 Å². The first kappa shape index (κ1) is 24.0. The van der Waals surface area contributed by atoms with Crippen LogP contribution in [0.5, 0.6) is 0 Å². The summed E-state index contributed by atoms with van der Waals surface area (Å²) in [6.07, 6.45) is 0.929. The number of alkyl carbamates (subject to hydrolysis) is 1. The van der Waals surface area contributed by atoms with Crippen molar-refractivity contribution >= 4 is 12.2 Å². The normalized spacial score (nSPS) is 17.9. The number of hydrogen-bond donors (Lipinski definition) is 1. The lowest BCUT2D eigenvalue weighted by Gasteiger charge is -2.37. The van der Waals surface area contributed by atoms with E-state index in [1.54, 1.807) is 4.90 Å². The van der Waals surface area contributed by atoms with Gasteiger partial charge in [-0.1, -0.05) is 29.3 Å². The highest BCUT2D eigenvalue weighted by atomic mass is 16.6. The second kappa shape index (κ2) is 10.7. The summed E-state index contributed by atoms with van der Waals surface area (Å²) in [7, 11) is 1.34. The van der Waals surface area contributed by atoms with Crippen LogP contribution in [0.15, 0.2) is 18.2 Å². The van der Waals surface area contributed by atoms with Gasteiger partial charge in [-0.05, 0) is 53.0 Å². The summed E-state index contributed by atoms with van der Waals surface area (Å²) in [6.45, 7) is 11.8. The van der Waals surface area contributed by atoms with Gasteiger partial charge in [0, 0.05) is 25.6 Å². The molecule has 0 saturated carbocycles. The fraction of sp³-hybridized carbons (Fsp3) is 0.652. The fourth-order valence-electron chi connectivity index (χ4n) is 3.84. The third-order valence-electron chi connectivity index (χ3n) is 4.96. The second-order valence-corrected chi connectivity index (χ2v) is 8.96. The SMILES string of the molecule is COC(=O)NCCOC(c1cc(C)cc(C)c1)C1CCCN(C(=O)OC(C)(C)C)C1. The smallest absolute Gasteiger partial charge is 0.410 e. The van der Waals surface area contributed by atoms with Crippen molar-refractivity contribution < 1.29 is 23.8 Å². The molecule has 2 unspecified atom stereocenters. The van der Waals surface area contributed by atoms with E-state index in [1.807, 2.05) is 20.8 Å². The molecular weight excluding hydrogens is 384 g/mol. The highest BCUT2D eigenvalue weighted by Gasteiger charge is 2.33. The first-order valence-corrected chi connectivity index (χ1v) is 10.6. The predicted molar refractivity (Wildman–Crippen MR) is 116 cm³/mol. The quantitative estimate of drug-likeness (QED) is 0.692. The first-order chi connectivity index (χ1) is 14.1. The van der Waals surface area contributed by atoms with Crippen LogP contribution in [0.4, 0.5) is 9.59 Å². The van der Waals surface area contributed by atoms with Crippen molar-refractivity contribution in [3.8, 4) is 0 Å². The van der Waals surface area contributed by atoms with Gasteiger partial charge in [-0.2, -0.15) is 0 Å². The van der Waals surface area contributed by atoms with Gasteiger partial charge in [0.15, 0.2) is 0 Å². The number of methoxy groups -OCH3 is 1. The molecule has 7 nitrogen and oxygen atoms in total. The molecule has 1 aliphatic rings. The van der Waals surface area contributed by atoms with Crippen molar-refractivity contribution in [3.05, 3.63) is 34.9 Å². The number of piperidine rings is 1.